The van der Waals surface area contributed by atoms with Gasteiger partial charge in [0.05, 0.1) is 18.8 Å². The molecule has 4 nitrogen and oxygen atoms in total. The fraction of sp³-hybridized carbons (Fsp3) is 0.562. The van der Waals surface area contributed by atoms with Gasteiger partial charge in [0.1, 0.15) is 0 Å². The molecule has 1 atom stereocenters. The third-order valence-electron chi connectivity index (χ3n) is 3.79. The number of rotatable bonds is 7. The molecule has 1 fully saturated rings. The first-order chi connectivity index (χ1) is 9.72. The second kappa shape index (κ2) is 7.41. The summed E-state index contributed by atoms with van der Waals surface area (Å²) in [6, 6.07) is 9.24. The van der Waals surface area contributed by atoms with E-state index in [-0.39, 0.29) is 18.6 Å². The van der Waals surface area contributed by atoms with Crippen LogP contribution >= 0.6 is 0 Å². The van der Waals surface area contributed by atoms with E-state index in [0.29, 0.717) is 18.4 Å². The fourth-order valence-electron chi connectivity index (χ4n) is 2.65. The van der Waals surface area contributed by atoms with E-state index >= 15 is 0 Å². The van der Waals surface area contributed by atoms with Gasteiger partial charge in [-0.3, -0.25) is 4.79 Å². The molecular weight excluding hydrogens is 254 g/mol. The molecule has 0 radical (unpaired) electrons. The molecule has 1 amide bonds. The molecule has 1 saturated carbocycles. The lowest BCUT2D eigenvalue weighted by molar-refractivity contribution is -0.125. The van der Waals surface area contributed by atoms with Gasteiger partial charge in [-0.25, -0.2) is 0 Å². The number of ether oxygens (including phenoxy) is 1. The molecule has 4 heteroatoms. The maximum Gasteiger partial charge on any atom is 0.220 e. The molecule has 0 unspecified atom stereocenters. The first-order valence-electron chi connectivity index (χ1n) is 7.29. The third-order valence-corrected chi connectivity index (χ3v) is 3.79. The molecule has 110 valence electrons. The number of amides is 1. The summed E-state index contributed by atoms with van der Waals surface area (Å²) < 4.78 is 5.49. The second-order valence-electron chi connectivity index (χ2n) is 5.33. The van der Waals surface area contributed by atoms with E-state index in [2.05, 4.69) is 5.32 Å². The predicted molar refractivity (Wildman–Crippen MR) is 77.2 cm³/mol. The summed E-state index contributed by atoms with van der Waals surface area (Å²) in [6.45, 7) is 2.65. The number of carbonyl (C=O) groups excluding carboxylic acids is 1. The lowest BCUT2D eigenvalue weighted by Gasteiger charge is -2.34. The molecular formula is C16H23NO3. The lowest BCUT2D eigenvalue weighted by atomic mass is 9.80. The molecule has 0 bridgehead atoms. The molecule has 1 aliphatic carbocycles. The minimum atomic E-state index is -0.313. The van der Waals surface area contributed by atoms with Crippen LogP contribution in [0.2, 0.25) is 0 Å². The number of carbonyl (C=O) groups is 1. The zero-order valence-electron chi connectivity index (χ0n) is 11.9. The molecule has 0 heterocycles. The highest BCUT2D eigenvalue weighted by atomic mass is 16.5. The molecule has 2 N–H and O–H groups in total. The van der Waals surface area contributed by atoms with Gasteiger partial charge >= 0.3 is 0 Å². The summed E-state index contributed by atoms with van der Waals surface area (Å²) in [7, 11) is 0. The summed E-state index contributed by atoms with van der Waals surface area (Å²) in [6.07, 6.45) is 2.79. The zero-order valence-corrected chi connectivity index (χ0v) is 11.9. The summed E-state index contributed by atoms with van der Waals surface area (Å²) in [5.74, 6) is 0.425. The van der Waals surface area contributed by atoms with Crippen LogP contribution in [0.4, 0.5) is 0 Å². The molecule has 1 aliphatic rings. The Morgan fingerprint density at radius 3 is 2.70 bits per heavy atom. The van der Waals surface area contributed by atoms with Crippen LogP contribution < -0.4 is 5.32 Å². The van der Waals surface area contributed by atoms with Gasteiger partial charge in [0, 0.05) is 13.0 Å². The lowest BCUT2D eigenvalue weighted by Crippen LogP contribution is -2.37. The largest absolute Gasteiger partial charge is 0.394 e. The Morgan fingerprint density at radius 2 is 2.10 bits per heavy atom. The molecule has 0 aromatic heterocycles. The molecule has 20 heavy (non-hydrogen) atoms. The number of hydrogen-bond acceptors (Lipinski definition) is 3. The van der Waals surface area contributed by atoms with Crippen LogP contribution in [0.15, 0.2) is 30.3 Å². The molecule has 2 rings (SSSR count). The van der Waals surface area contributed by atoms with Gasteiger partial charge in [0.2, 0.25) is 5.91 Å². The van der Waals surface area contributed by atoms with Gasteiger partial charge in [-0.15, -0.1) is 0 Å². The highest BCUT2D eigenvalue weighted by Crippen LogP contribution is 2.32. The van der Waals surface area contributed by atoms with E-state index in [1.807, 2.05) is 37.3 Å². The minimum Gasteiger partial charge on any atom is -0.394 e. The van der Waals surface area contributed by atoms with Crippen LogP contribution in [0.25, 0.3) is 0 Å². The first-order valence-corrected chi connectivity index (χ1v) is 7.29. The van der Waals surface area contributed by atoms with E-state index in [9.17, 15) is 9.90 Å². The SMILES string of the molecule is CCOC1CC(CC(=O)N[C@H](CO)c2ccccc2)C1. The zero-order chi connectivity index (χ0) is 14.4. The Kier molecular flexibility index (Phi) is 5.56. The number of benzene rings is 1. The van der Waals surface area contributed by atoms with Crippen LogP contribution in [0.5, 0.6) is 0 Å². The number of aliphatic hydroxyl groups excluding tert-OH is 1. The average Bonchev–Trinajstić information content (AvgIpc) is 2.43. The van der Waals surface area contributed by atoms with Crippen molar-refractivity contribution in [3.63, 3.8) is 0 Å². The van der Waals surface area contributed by atoms with Crippen LogP contribution in [-0.2, 0) is 9.53 Å². The normalized spacial score (nSPS) is 22.9. The topological polar surface area (TPSA) is 58.6 Å². The van der Waals surface area contributed by atoms with Gasteiger partial charge in [0.15, 0.2) is 0 Å². The van der Waals surface area contributed by atoms with Gasteiger partial charge in [-0.2, -0.15) is 0 Å². The van der Waals surface area contributed by atoms with Crippen molar-refractivity contribution in [1.82, 2.24) is 5.32 Å². The van der Waals surface area contributed by atoms with E-state index in [4.69, 9.17) is 4.74 Å². The van der Waals surface area contributed by atoms with Crippen molar-refractivity contribution in [3.05, 3.63) is 35.9 Å². The summed E-state index contributed by atoms with van der Waals surface area (Å²) in [5.41, 5.74) is 0.934. The third kappa shape index (κ3) is 4.05. The highest BCUT2D eigenvalue weighted by molar-refractivity contribution is 5.76. The maximum atomic E-state index is 12.0. The average molecular weight is 277 g/mol. The van der Waals surface area contributed by atoms with E-state index < -0.39 is 0 Å². The van der Waals surface area contributed by atoms with Crippen LogP contribution in [0, 0.1) is 5.92 Å². The number of nitrogens with one attached hydrogen (secondary N) is 1. The minimum absolute atomic E-state index is 0.00727. The number of hydrogen-bond donors (Lipinski definition) is 2. The quantitative estimate of drug-likeness (QED) is 0.802. The van der Waals surface area contributed by atoms with Gasteiger partial charge in [-0.05, 0) is 31.2 Å². The van der Waals surface area contributed by atoms with Gasteiger partial charge in [-0.1, -0.05) is 30.3 Å². The van der Waals surface area contributed by atoms with E-state index in [1.165, 1.54) is 0 Å². The summed E-state index contributed by atoms with van der Waals surface area (Å²) in [4.78, 5) is 12.0. The Bertz CT molecular complexity index is 415. The second-order valence-corrected chi connectivity index (χ2v) is 5.33. The molecule has 0 spiro atoms. The Morgan fingerprint density at radius 1 is 1.40 bits per heavy atom. The van der Waals surface area contributed by atoms with Crippen LogP contribution in [0.3, 0.4) is 0 Å². The van der Waals surface area contributed by atoms with Crippen molar-refractivity contribution in [2.75, 3.05) is 13.2 Å². The molecule has 0 saturated heterocycles. The van der Waals surface area contributed by atoms with Crippen molar-refractivity contribution in [2.45, 2.75) is 38.3 Å². The molecule has 1 aromatic carbocycles. The Labute approximate surface area is 120 Å². The number of aliphatic hydroxyl groups is 1. The van der Waals surface area contributed by atoms with Crippen molar-refractivity contribution >= 4 is 5.91 Å². The Balaban J connectivity index is 1.76. The van der Waals surface area contributed by atoms with Crippen LogP contribution in [0.1, 0.15) is 37.8 Å². The summed E-state index contributed by atoms with van der Waals surface area (Å²) >= 11 is 0. The van der Waals surface area contributed by atoms with Crippen molar-refractivity contribution in [1.29, 1.82) is 0 Å². The standard InChI is InChI=1S/C16H23NO3/c1-2-20-14-8-12(9-14)10-16(19)17-15(11-18)13-6-4-3-5-7-13/h3-7,12,14-15,18H,2,8-11H2,1H3,(H,17,19)/t12?,14?,15-/m1/s1. The fourth-order valence-corrected chi connectivity index (χ4v) is 2.65. The van der Waals surface area contributed by atoms with E-state index in [1.54, 1.807) is 0 Å². The van der Waals surface area contributed by atoms with Crippen molar-refractivity contribution in [3.8, 4) is 0 Å². The highest BCUT2D eigenvalue weighted by Gasteiger charge is 2.31. The predicted octanol–water partition coefficient (Wildman–Crippen LogP) is 2.04. The van der Waals surface area contributed by atoms with Gasteiger partial charge in [0.25, 0.3) is 0 Å². The summed E-state index contributed by atoms with van der Waals surface area (Å²) in [5, 5.41) is 12.3. The maximum absolute atomic E-state index is 12.0. The van der Waals surface area contributed by atoms with Gasteiger partial charge < -0.3 is 15.2 Å². The molecule has 0 aliphatic heterocycles. The van der Waals surface area contributed by atoms with Crippen molar-refractivity contribution in [2.24, 2.45) is 5.92 Å². The van der Waals surface area contributed by atoms with Crippen LogP contribution in [-0.4, -0.2) is 30.3 Å². The monoisotopic (exact) mass is 277 g/mol. The first kappa shape index (κ1) is 15.0. The molecule has 1 aromatic rings. The van der Waals surface area contributed by atoms with Crippen molar-refractivity contribution < 1.29 is 14.6 Å². The Hall–Kier alpha value is -1.39. The smallest absolute Gasteiger partial charge is 0.220 e. The van der Waals surface area contributed by atoms with E-state index in [0.717, 1.165) is 25.0 Å².